The van der Waals surface area contributed by atoms with Crippen molar-refractivity contribution in [1.29, 1.82) is 0 Å². The molecule has 0 saturated heterocycles. The number of carbonyl (C=O) groups is 1. The molecule has 1 atom stereocenters. The lowest BCUT2D eigenvalue weighted by molar-refractivity contribution is -0.135. The Bertz CT molecular complexity index is 384. The maximum absolute atomic E-state index is 12.1. The highest BCUT2D eigenvalue weighted by Crippen LogP contribution is 2.40. The number of hydrogen-bond donors (Lipinski definition) is 2. The third-order valence-electron chi connectivity index (χ3n) is 3.70. The van der Waals surface area contributed by atoms with E-state index in [0.29, 0.717) is 0 Å². The predicted molar refractivity (Wildman–Crippen MR) is 66.4 cm³/mol. The van der Waals surface area contributed by atoms with Gasteiger partial charge in [-0.1, -0.05) is 43.7 Å². The average Bonchev–Trinajstić information content (AvgIpc) is 2.33. The fourth-order valence-corrected chi connectivity index (χ4v) is 2.19. The summed E-state index contributed by atoms with van der Waals surface area (Å²) in [5.74, 6) is 0.0617. The van der Waals surface area contributed by atoms with Gasteiger partial charge in [-0.25, -0.2) is 0 Å². The van der Waals surface area contributed by atoms with Crippen molar-refractivity contribution in [3.05, 3.63) is 35.9 Å². The van der Waals surface area contributed by atoms with E-state index in [1.807, 2.05) is 37.3 Å². The van der Waals surface area contributed by atoms with Gasteiger partial charge in [-0.05, 0) is 18.4 Å². The van der Waals surface area contributed by atoms with E-state index in [-0.39, 0.29) is 24.0 Å². The molecule has 0 spiro atoms. The first-order valence-corrected chi connectivity index (χ1v) is 6.12. The third-order valence-corrected chi connectivity index (χ3v) is 3.70. The molecule has 1 aliphatic rings. The standard InChI is InChI=1S/C14H19NO2/c1-14(8-5-9-14)13(17)15-12(10-16)11-6-3-2-4-7-11/h2-4,6-7,12,16H,5,8-10H2,1H3,(H,15,17)/t12-/m1/s1. The fourth-order valence-electron chi connectivity index (χ4n) is 2.19. The largest absolute Gasteiger partial charge is 0.394 e. The Labute approximate surface area is 102 Å². The van der Waals surface area contributed by atoms with Gasteiger partial charge in [0.15, 0.2) is 0 Å². The summed E-state index contributed by atoms with van der Waals surface area (Å²) in [5, 5.41) is 12.3. The average molecular weight is 233 g/mol. The molecule has 1 amide bonds. The number of carbonyl (C=O) groups excluding carboxylic acids is 1. The molecule has 92 valence electrons. The molecule has 3 nitrogen and oxygen atoms in total. The number of amides is 1. The molecule has 0 bridgehead atoms. The molecule has 17 heavy (non-hydrogen) atoms. The van der Waals surface area contributed by atoms with Crippen molar-refractivity contribution >= 4 is 5.91 Å². The molecule has 0 radical (unpaired) electrons. The first-order valence-electron chi connectivity index (χ1n) is 6.12. The topological polar surface area (TPSA) is 49.3 Å². The highest BCUT2D eigenvalue weighted by molar-refractivity contribution is 5.83. The Morgan fingerprint density at radius 1 is 1.41 bits per heavy atom. The summed E-state index contributed by atoms with van der Waals surface area (Å²) in [6.45, 7) is 1.93. The van der Waals surface area contributed by atoms with E-state index in [1.54, 1.807) is 0 Å². The Kier molecular flexibility index (Phi) is 3.48. The van der Waals surface area contributed by atoms with E-state index in [2.05, 4.69) is 5.32 Å². The van der Waals surface area contributed by atoms with Crippen LogP contribution in [0.3, 0.4) is 0 Å². The second-order valence-electron chi connectivity index (χ2n) is 5.03. The second-order valence-corrected chi connectivity index (χ2v) is 5.03. The van der Waals surface area contributed by atoms with Crippen LogP contribution < -0.4 is 5.32 Å². The molecule has 3 heteroatoms. The highest BCUT2D eigenvalue weighted by atomic mass is 16.3. The van der Waals surface area contributed by atoms with E-state index < -0.39 is 0 Å². The van der Waals surface area contributed by atoms with Crippen LogP contribution in [0, 0.1) is 5.41 Å². The van der Waals surface area contributed by atoms with Gasteiger partial charge >= 0.3 is 0 Å². The molecule has 1 saturated carbocycles. The summed E-state index contributed by atoms with van der Waals surface area (Å²) in [6.07, 6.45) is 3.02. The van der Waals surface area contributed by atoms with Crippen molar-refractivity contribution in [2.75, 3.05) is 6.61 Å². The monoisotopic (exact) mass is 233 g/mol. The molecule has 0 unspecified atom stereocenters. The molecular weight excluding hydrogens is 214 g/mol. The third kappa shape index (κ3) is 2.50. The van der Waals surface area contributed by atoms with Crippen LogP contribution in [0.2, 0.25) is 0 Å². The van der Waals surface area contributed by atoms with Gasteiger partial charge in [-0.2, -0.15) is 0 Å². The lowest BCUT2D eigenvalue weighted by atomic mass is 9.69. The van der Waals surface area contributed by atoms with Crippen molar-refractivity contribution in [1.82, 2.24) is 5.32 Å². The molecule has 0 heterocycles. The maximum Gasteiger partial charge on any atom is 0.226 e. The minimum Gasteiger partial charge on any atom is -0.394 e. The molecule has 2 N–H and O–H groups in total. The molecule has 1 aliphatic carbocycles. The van der Waals surface area contributed by atoms with Gasteiger partial charge in [0, 0.05) is 5.41 Å². The first kappa shape index (κ1) is 12.1. The molecule has 1 aromatic rings. The van der Waals surface area contributed by atoms with Crippen LogP contribution in [-0.2, 0) is 4.79 Å². The lowest BCUT2D eigenvalue weighted by Crippen LogP contribution is -2.45. The van der Waals surface area contributed by atoms with Crippen molar-refractivity contribution in [3.8, 4) is 0 Å². The van der Waals surface area contributed by atoms with Gasteiger partial charge < -0.3 is 10.4 Å². The number of rotatable bonds is 4. The number of aliphatic hydroxyl groups is 1. The summed E-state index contributed by atoms with van der Waals surface area (Å²) in [7, 11) is 0. The van der Waals surface area contributed by atoms with E-state index in [9.17, 15) is 9.90 Å². The van der Waals surface area contributed by atoms with Crippen LogP contribution >= 0.6 is 0 Å². The van der Waals surface area contributed by atoms with Gasteiger partial charge in [0.2, 0.25) is 5.91 Å². The summed E-state index contributed by atoms with van der Waals surface area (Å²) >= 11 is 0. The van der Waals surface area contributed by atoms with Crippen LogP contribution in [0.5, 0.6) is 0 Å². The molecular formula is C14H19NO2. The number of benzene rings is 1. The minimum absolute atomic E-state index is 0.0617. The SMILES string of the molecule is CC1(C(=O)N[C@H](CO)c2ccccc2)CCC1. The van der Waals surface area contributed by atoms with Crippen LogP contribution in [0.25, 0.3) is 0 Å². The van der Waals surface area contributed by atoms with Gasteiger partial charge in [-0.15, -0.1) is 0 Å². The molecule has 0 aromatic heterocycles. The van der Waals surface area contributed by atoms with E-state index in [0.717, 1.165) is 24.8 Å². The summed E-state index contributed by atoms with van der Waals surface area (Å²) < 4.78 is 0. The zero-order valence-electron chi connectivity index (χ0n) is 10.1. The van der Waals surface area contributed by atoms with Crippen molar-refractivity contribution < 1.29 is 9.90 Å². The van der Waals surface area contributed by atoms with E-state index in [1.165, 1.54) is 0 Å². The first-order chi connectivity index (χ1) is 8.15. The number of hydrogen-bond acceptors (Lipinski definition) is 2. The zero-order valence-corrected chi connectivity index (χ0v) is 10.1. The van der Waals surface area contributed by atoms with Crippen molar-refractivity contribution in [2.45, 2.75) is 32.2 Å². The van der Waals surface area contributed by atoms with E-state index >= 15 is 0 Å². The summed E-state index contributed by atoms with van der Waals surface area (Å²) in [5.41, 5.74) is 0.730. The van der Waals surface area contributed by atoms with Gasteiger partial charge in [0.25, 0.3) is 0 Å². The highest BCUT2D eigenvalue weighted by Gasteiger charge is 2.39. The fraction of sp³-hybridized carbons (Fsp3) is 0.500. The second kappa shape index (κ2) is 4.88. The lowest BCUT2D eigenvalue weighted by Gasteiger charge is -2.37. The van der Waals surface area contributed by atoms with Crippen LogP contribution in [0.15, 0.2) is 30.3 Å². The Morgan fingerprint density at radius 2 is 2.06 bits per heavy atom. The Morgan fingerprint density at radius 3 is 2.53 bits per heavy atom. The number of nitrogens with one attached hydrogen (secondary N) is 1. The minimum atomic E-state index is -0.291. The van der Waals surface area contributed by atoms with Crippen molar-refractivity contribution in [2.24, 2.45) is 5.41 Å². The van der Waals surface area contributed by atoms with Gasteiger partial charge in [0.05, 0.1) is 12.6 Å². The molecule has 1 fully saturated rings. The Balaban J connectivity index is 2.03. The molecule has 1 aromatic carbocycles. The predicted octanol–water partition coefficient (Wildman–Crippen LogP) is 2.03. The summed E-state index contributed by atoms with van der Waals surface area (Å²) in [4.78, 5) is 12.1. The molecule has 2 rings (SSSR count). The normalized spacial score (nSPS) is 19.2. The van der Waals surface area contributed by atoms with Gasteiger partial charge in [0.1, 0.15) is 0 Å². The quantitative estimate of drug-likeness (QED) is 0.836. The van der Waals surface area contributed by atoms with Gasteiger partial charge in [-0.3, -0.25) is 4.79 Å². The molecule has 0 aliphatic heterocycles. The zero-order chi connectivity index (χ0) is 12.3. The smallest absolute Gasteiger partial charge is 0.226 e. The van der Waals surface area contributed by atoms with E-state index in [4.69, 9.17) is 0 Å². The van der Waals surface area contributed by atoms with Crippen LogP contribution in [0.1, 0.15) is 37.8 Å². The van der Waals surface area contributed by atoms with Crippen LogP contribution in [0.4, 0.5) is 0 Å². The summed E-state index contributed by atoms with van der Waals surface area (Å²) in [6, 6.07) is 9.30. The Hall–Kier alpha value is -1.35. The maximum atomic E-state index is 12.1. The van der Waals surface area contributed by atoms with Crippen molar-refractivity contribution in [3.63, 3.8) is 0 Å². The number of aliphatic hydroxyl groups excluding tert-OH is 1. The van der Waals surface area contributed by atoms with Crippen LogP contribution in [-0.4, -0.2) is 17.6 Å².